The van der Waals surface area contributed by atoms with Crippen LogP contribution in [-0.4, -0.2) is 44.5 Å². The summed E-state index contributed by atoms with van der Waals surface area (Å²) >= 11 is 0. The van der Waals surface area contributed by atoms with Gasteiger partial charge in [0, 0.05) is 39.4 Å². The molecule has 1 N–H and O–H groups in total. The van der Waals surface area contributed by atoms with Crippen molar-refractivity contribution in [2.45, 2.75) is 32.4 Å². The van der Waals surface area contributed by atoms with Crippen LogP contribution in [0, 0.1) is 6.92 Å². The molecule has 0 heterocycles. The van der Waals surface area contributed by atoms with Gasteiger partial charge in [-0.15, -0.1) is 0 Å². The van der Waals surface area contributed by atoms with Gasteiger partial charge in [-0.25, -0.2) is 0 Å². The number of anilines is 1. The lowest BCUT2D eigenvalue weighted by atomic mass is 10.1. The molecule has 1 amide bonds. The summed E-state index contributed by atoms with van der Waals surface area (Å²) in [6.07, 6.45) is 2.62. The van der Waals surface area contributed by atoms with Crippen LogP contribution < -0.4 is 10.2 Å². The molecule has 0 atom stereocenters. The minimum atomic E-state index is 0.117. The topological polar surface area (TPSA) is 35.6 Å². The zero-order valence-corrected chi connectivity index (χ0v) is 12.9. The number of rotatable bonds is 6. The molecule has 1 fully saturated rings. The van der Waals surface area contributed by atoms with Crippen molar-refractivity contribution in [3.8, 4) is 0 Å². The van der Waals surface area contributed by atoms with E-state index in [4.69, 9.17) is 0 Å². The number of hydrogen-bond donors (Lipinski definition) is 1. The highest BCUT2D eigenvalue weighted by Crippen LogP contribution is 2.22. The summed E-state index contributed by atoms with van der Waals surface area (Å²) in [6, 6.07) is 7.20. The van der Waals surface area contributed by atoms with Gasteiger partial charge in [-0.1, -0.05) is 12.1 Å². The van der Waals surface area contributed by atoms with E-state index in [-0.39, 0.29) is 5.91 Å². The molecular weight excluding hydrogens is 250 g/mol. The third-order valence-corrected chi connectivity index (χ3v) is 3.72. The molecule has 2 rings (SSSR count). The molecule has 0 bridgehead atoms. The molecule has 4 nitrogen and oxygen atoms in total. The van der Waals surface area contributed by atoms with Crippen molar-refractivity contribution in [1.29, 1.82) is 0 Å². The summed E-state index contributed by atoms with van der Waals surface area (Å²) in [7, 11) is 5.54. The Labute approximate surface area is 121 Å². The second-order valence-electron chi connectivity index (χ2n) is 5.92. The lowest BCUT2D eigenvalue weighted by Gasteiger charge is -2.23. The van der Waals surface area contributed by atoms with Crippen molar-refractivity contribution in [3.05, 3.63) is 29.3 Å². The molecule has 1 aromatic rings. The highest BCUT2D eigenvalue weighted by atomic mass is 16.2. The third kappa shape index (κ3) is 3.97. The fourth-order valence-corrected chi connectivity index (χ4v) is 2.23. The van der Waals surface area contributed by atoms with Crippen LogP contribution in [0.1, 0.15) is 24.0 Å². The number of hydrogen-bond acceptors (Lipinski definition) is 3. The molecule has 0 aliphatic heterocycles. The molecule has 1 saturated carbocycles. The first kappa shape index (κ1) is 14.9. The second kappa shape index (κ2) is 6.27. The van der Waals surface area contributed by atoms with Gasteiger partial charge in [-0.3, -0.25) is 4.79 Å². The molecule has 0 unspecified atom stereocenters. The Bertz CT molecular complexity index is 481. The third-order valence-electron chi connectivity index (χ3n) is 3.72. The first-order chi connectivity index (χ1) is 9.47. The van der Waals surface area contributed by atoms with Crippen molar-refractivity contribution >= 4 is 11.6 Å². The normalized spacial score (nSPS) is 14.2. The van der Waals surface area contributed by atoms with Gasteiger partial charge < -0.3 is 15.1 Å². The van der Waals surface area contributed by atoms with E-state index in [1.165, 1.54) is 24.0 Å². The maximum Gasteiger partial charge on any atom is 0.241 e. The Morgan fingerprint density at radius 1 is 1.30 bits per heavy atom. The molecule has 1 aliphatic carbocycles. The Kier molecular flexibility index (Phi) is 4.65. The molecule has 110 valence electrons. The van der Waals surface area contributed by atoms with Gasteiger partial charge >= 0.3 is 0 Å². The number of aryl methyl sites for hydroxylation is 1. The largest absolute Gasteiger partial charge is 0.365 e. The number of nitrogens with one attached hydrogen (secondary N) is 1. The van der Waals surface area contributed by atoms with Crippen molar-refractivity contribution in [3.63, 3.8) is 0 Å². The number of amides is 1. The number of carbonyl (C=O) groups excluding carboxylic acids is 1. The number of nitrogens with zero attached hydrogens (tertiary/aromatic N) is 2. The first-order valence-corrected chi connectivity index (χ1v) is 7.21. The Hall–Kier alpha value is -1.55. The van der Waals surface area contributed by atoms with Gasteiger partial charge in [0.15, 0.2) is 0 Å². The summed E-state index contributed by atoms with van der Waals surface area (Å²) in [4.78, 5) is 15.4. The van der Waals surface area contributed by atoms with Gasteiger partial charge in [0.05, 0.1) is 6.54 Å². The summed E-state index contributed by atoms with van der Waals surface area (Å²) in [5.74, 6) is 0.117. The molecule has 0 spiro atoms. The summed E-state index contributed by atoms with van der Waals surface area (Å²) in [6.45, 7) is 3.45. The molecule has 0 aromatic heterocycles. The zero-order chi connectivity index (χ0) is 14.7. The number of carbonyl (C=O) groups is 1. The SMILES string of the molecule is Cc1cc(CNC2CC2)ccc1N(C)CC(=O)N(C)C. The summed E-state index contributed by atoms with van der Waals surface area (Å²) in [5, 5.41) is 3.52. The van der Waals surface area contributed by atoms with E-state index >= 15 is 0 Å². The maximum absolute atomic E-state index is 11.8. The van der Waals surface area contributed by atoms with Gasteiger partial charge in [0.1, 0.15) is 0 Å². The highest BCUT2D eigenvalue weighted by Gasteiger charge is 2.20. The predicted molar refractivity (Wildman–Crippen MR) is 83.0 cm³/mol. The summed E-state index contributed by atoms with van der Waals surface area (Å²) < 4.78 is 0. The molecule has 1 aliphatic rings. The monoisotopic (exact) mass is 275 g/mol. The zero-order valence-electron chi connectivity index (χ0n) is 12.9. The second-order valence-corrected chi connectivity index (χ2v) is 5.92. The smallest absolute Gasteiger partial charge is 0.241 e. The average molecular weight is 275 g/mol. The van der Waals surface area contributed by atoms with Crippen LogP contribution in [0.25, 0.3) is 0 Å². The molecule has 4 heteroatoms. The van der Waals surface area contributed by atoms with Crippen molar-refractivity contribution in [1.82, 2.24) is 10.2 Å². The van der Waals surface area contributed by atoms with E-state index in [0.717, 1.165) is 18.3 Å². The van der Waals surface area contributed by atoms with Crippen molar-refractivity contribution in [2.75, 3.05) is 32.6 Å². The van der Waals surface area contributed by atoms with Crippen molar-refractivity contribution in [2.24, 2.45) is 0 Å². The Morgan fingerprint density at radius 2 is 2.00 bits per heavy atom. The van der Waals surface area contributed by atoms with Crippen LogP contribution in [0.15, 0.2) is 18.2 Å². The van der Waals surface area contributed by atoms with Gasteiger partial charge in [0.25, 0.3) is 0 Å². The highest BCUT2D eigenvalue weighted by molar-refractivity contribution is 5.81. The lowest BCUT2D eigenvalue weighted by molar-refractivity contribution is -0.127. The molecule has 0 radical (unpaired) electrons. The maximum atomic E-state index is 11.8. The van der Waals surface area contributed by atoms with E-state index in [1.807, 2.05) is 11.9 Å². The Balaban J connectivity index is 1.98. The van der Waals surface area contributed by atoms with Crippen LogP contribution in [0.2, 0.25) is 0 Å². The van der Waals surface area contributed by atoms with E-state index in [0.29, 0.717) is 6.54 Å². The minimum absolute atomic E-state index is 0.117. The van der Waals surface area contributed by atoms with Crippen molar-refractivity contribution < 1.29 is 4.79 Å². The van der Waals surface area contributed by atoms with Crippen LogP contribution >= 0.6 is 0 Å². The number of benzene rings is 1. The van der Waals surface area contributed by atoms with E-state index in [2.05, 4.69) is 30.4 Å². The van der Waals surface area contributed by atoms with Gasteiger partial charge in [0.2, 0.25) is 5.91 Å². The van der Waals surface area contributed by atoms with E-state index in [9.17, 15) is 4.79 Å². The average Bonchev–Trinajstić information content (AvgIpc) is 3.20. The fraction of sp³-hybridized carbons (Fsp3) is 0.562. The van der Waals surface area contributed by atoms with E-state index < -0.39 is 0 Å². The van der Waals surface area contributed by atoms with Crippen LogP contribution in [0.3, 0.4) is 0 Å². The van der Waals surface area contributed by atoms with Gasteiger partial charge in [-0.2, -0.15) is 0 Å². The van der Waals surface area contributed by atoms with E-state index in [1.54, 1.807) is 19.0 Å². The Morgan fingerprint density at radius 3 is 2.55 bits per heavy atom. The minimum Gasteiger partial charge on any atom is -0.365 e. The standard InChI is InChI=1S/C16H25N3O/c1-12-9-13(10-17-14-6-7-14)5-8-15(12)19(4)11-16(20)18(2)3/h5,8-9,14,17H,6-7,10-11H2,1-4H3. The summed E-state index contributed by atoms with van der Waals surface area (Å²) in [5.41, 5.74) is 3.65. The quantitative estimate of drug-likeness (QED) is 0.859. The van der Waals surface area contributed by atoms with Crippen LogP contribution in [0.4, 0.5) is 5.69 Å². The van der Waals surface area contributed by atoms with Crippen LogP contribution in [-0.2, 0) is 11.3 Å². The predicted octanol–water partition coefficient (Wildman–Crippen LogP) is 1.77. The lowest BCUT2D eigenvalue weighted by Crippen LogP contribution is -2.34. The first-order valence-electron chi connectivity index (χ1n) is 7.21. The molecule has 20 heavy (non-hydrogen) atoms. The fourth-order valence-electron chi connectivity index (χ4n) is 2.23. The number of likely N-dealkylation sites (N-methyl/N-ethyl adjacent to an activating group) is 2. The molecule has 0 saturated heterocycles. The molecular formula is C16H25N3O. The van der Waals surface area contributed by atoms with Gasteiger partial charge in [-0.05, 0) is 37.0 Å². The molecule has 1 aromatic carbocycles. The van der Waals surface area contributed by atoms with Crippen LogP contribution in [0.5, 0.6) is 0 Å².